The van der Waals surface area contributed by atoms with Gasteiger partial charge in [0, 0.05) is 6.08 Å². The summed E-state index contributed by atoms with van der Waals surface area (Å²) in [6.07, 6.45) is -0.476. The van der Waals surface area contributed by atoms with Crippen LogP contribution in [0.5, 0.6) is 5.75 Å². The number of nitrogens with two attached hydrogens (primary N) is 1. The number of esters is 1. The van der Waals surface area contributed by atoms with Gasteiger partial charge in [-0.15, -0.1) is 0 Å². The number of carbonyl (C=O) groups excluding carboxylic acids is 1. The highest BCUT2D eigenvalue weighted by atomic mass is 32.2. The Morgan fingerprint density at radius 1 is 1.10 bits per heavy atom. The Hall–Kier alpha value is -4.97. The molecule has 1 aliphatic heterocycles. The van der Waals surface area contributed by atoms with E-state index in [0.717, 1.165) is 18.3 Å². The number of aromatic nitrogens is 4. The zero-order valence-electron chi connectivity index (χ0n) is 21.3. The number of aliphatic hydroxyl groups is 2. The maximum Gasteiger partial charge on any atom is 0.339 e. The molecule has 0 radical (unpaired) electrons. The van der Waals surface area contributed by atoms with Crippen molar-refractivity contribution in [2.75, 3.05) is 12.3 Å². The molecule has 1 saturated heterocycles. The van der Waals surface area contributed by atoms with Gasteiger partial charge in [-0.2, -0.15) is 8.42 Å². The molecular weight excluding hydrogens is 576 g/mol. The third kappa shape index (κ3) is 5.88. The van der Waals surface area contributed by atoms with Gasteiger partial charge in [-0.1, -0.05) is 12.1 Å². The van der Waals surface area contributed by atoms with Crippen LogP contribution in [-0.2, 0) is 19.6 Å². The van der Waals surface area contributed by atoms with E-state index in [0.29, 0.717) is 5.56 Å². The second-order valence-corrected chi connectivity index (χ2v) is 10.5. The van der Waals surface area contributed by atoms with E-state index < -0.39 is 52.2 Å². The number of rotatable bonds is 9. The first-order valence-corrected chi connectivity index (χ1v) is 13.5. The van der Waals surface area contributed by atoms with Crippen molar-refractivity contribution in [2.24, 2.45) is 0 Å². The summed E-state index contributed by atoms with van der Waals surface area (Å²) in [6, 6.07) is 10.3. The fourth-order valence-corrected chi connectivity index (χ4v) is 5.04. The van der Waals surface area contributed by atoms with Gasteiger partial charge in [-0.25, -0.2) is 19.7 Å². The maximum absolute atomic E-state index is 12.6. The highest BCUT2D eigenvalue weighted by molar-refractivity contribution is 7.87. The van der Waals surface area contributed by atoms with Crippen LogP contribution < -0.4 is 9.92 Å². The summed E-state index contributed by atoms with van der Waals surface area (Å²) in [7, 11) is -4.26. The minimum atomic E-state index is -4.26. The number of ether oxygens (including phenoxy) is 2. The van der Waals surface area contributed by atoms with Crippen LogP contribution >= 0.6 is 0 Å². The molecule has 4 aromatic rings. The molecule has 0 aliphatic carbocycles. The maximum atomic E-state index is 12.6. The third-order valence-electron chi connectivity index (χ3n) is 6.23. The second kappa shape index (κ2) is 11.5. The van der Waals surface area contributed by atoms with E-state index in [4.69, 9.17) is 19.4 Å². The van der Waals surface area contributed by atoms with Gasteiger partial charge in [-0.05, 0) is 42.0 Å². The van der Waals surface area contributed by atoms with Crippen LogP contribution in [0.3, 0.4) is 0 Å². The quantitative estimate of drug-likeness (QED) is 0.105. The number of benzene rings is 2. The molecule has 0 saturated carbocycles. The second-order valence-electron chi connectivity index (χ2n) is 8.96. The van der Waals surface area contributed by atoms with Gasteiger partial charge < -0.3 is 29.6 Å². The molecule has 1 fully saturated rings. The predicted octanol–water partition coefficient (Wildman–Crippen LogP) is 0.900. The Kier molecular flexibility index (Phi) is 7.81. The van der Waals surface area contributed by atoms with Crippen LogP contribution in [0, 0.1) is 10.1 Å². The number of carbonyl (C=O) groups is 1. The summed E-state index contributed by atoms with van der Waals surface area (Å²) in [6.45, 7) is -0.423. The van der Waals surface area contributed by atoms with Gasteiger partial charge >= 0.3 is 16.1 Å². The molecule has 2 aromatic heterocycles. The summed E-state index contributed by atoms with van der Waals surface area (Å²) in [5, 5.41) is 31.4. The number of fused-ring (bicyclic) bond motifs is 1. The predicted molar refractivity (Wildman–Crippen MR) is 143 cm³/mol. The lowest BCUT2D eigenvalue weighted by molar-refractivity contribution is -0.400. The van der Waals surface area contributed by atoms with Gasteiger partial charge in [0.25, 0.3) is 0 Å². The van der Waals surface area contributed by atoms with Gasteiger partial charge in [0.05, 0.1) is 16.8 Å². The first-order valence-electron chi connectivity index (χ1n) is 12.1. The Morgan fingerprint density at radius 3 is 2.50 bits per heavy atom. The Morgan fingerprint density at radius 2 is 1.81 bits per heavy atom. The van der Waals surface area contributed by atoms with Crippen molar-refractivity contribution in [1.82, 2.24) is 19.5 Å². The molecule has 3 heterocycles. The molecule has 0 spiro atoms. The largest absolute Gasteiger partial charge is 0.459 e. The Balaban J connectivity index is 1.19. The molecule has 0 amide bonds. The highest BCUT2D eigenvalue weighted by Gasteiger charge is 2.45. The fraction of sp³-hybridized carbons (Fsp3) is 0.200. The number of nitrogen functional groups attached to an aromatic ring is 1. The molecule has 4 atom stereocenters. The number of aliphatic hydroxyl groups excluding tert-OH is 2. The molecule has 218 valence electrons. The molecule has 0 bridgehead atoms. The number of hydrogen-bond donors (Lipinski definition) is 3. The lowest BCUT2D eigenvalue weighted by Gasteiger charge is -2.16. The van der Waals surface area contributed by atoms with E-state index in [1.807, 2.05) is 0 Å². The molecular formula is C25H22N6O10S. The first kappa shape index (κ1) is 28.6. The van der Waals surface area contributed by atoms with Gasteiger partial charge in [0.2, 0.25) is 6.20 Å². The summed E-state index contributed by atoms with van der Waals surface area (Å²) in [4.78, 5) is 34.2. The SMILES string of the molecule is Nc1ncnc2c1ncn2C1OC(COC(=O)c2ccc(S(=O)(=O)Oc3ccc(/C=C/[N+](=O)[O-])cc3)cc2)C(O)C1O. The molecule has 2 aromatic carbocycles. The van der Waals surface area contributed by atoms with Crippen molar-refractivity contribution in [2.45, 2.75) is 29.4 Å². The number of hydrogen-bond acceptors (Lipinski definition) is 14. The van der Waals surface area contributed by atoms with Crippen LogP contribution in [0.1, 0.15) is 22.1 Å². The van der Waals surface area contributed by atoms with Crippen molar-refractivity contribution in [1.29, 1.82) is 0 Å². The van der Waals surface area contributed by atoms with Crippen molar-refractivity contribution < 1.29 is 42.0 Å². The Bertz CT molecular complexity index is 1760. The summed E-state index contributed by atoms with van der Waals surface area (Å²) in [5.74, 6) is -0.728. The van der Waals surface area contributed by atoms with Crippen LogP contribution in [0.15, 0.2) is 72.3 Å². The molecule has 5 rings (SSSR count). The lowest BCUT2D eigenvalue weighted by Crippen LogP contribution is -2.34. The molecule has 4 unspecified atom stereocenters. The number of anilines is 1. The number of nitrogens with zero attached hydrogens (tertiary/aromatic N) is 5. The smallest absolute Gasteiger partial charge is 0.339 e. The van der Waals surface area contributed by atoms with E-state index in [9.17, 15) is 33.5 Å². The summed E-state index contributed by atoms with van der Waals surface area (Å²) < 4.78 is 42.7. The van der Waals surface area contributed by atoms with Crippen LogP contribution in [0.2, 0.25) is 0 Å². The van der Waals surface area contributed by atoms with Crippen molar-refractivity contribution in [3.05, 3.63) is 88.6 Å². The van der Waals surface area contributed by atoms with E-state index in [1.165, 1.54) is 59.7 Å². The third-order valence-corrected chi connectivity index (χ3v) is 7.49. The average molecular weight is 599 g/mol. The zero-order chi connectivity index (χ0) is 30.0. The van der Waals surface area contributed by atoms with Crippen molar-refractivity contribution in [3.63, 3.8) is 0 Å². The topological polar surface area (TPSA) is 232 Å². The molecule has 42 heavy (non-hydrogen) atoms. The van der Waals surface area contributed by atoms with Crippen LogP contribution in [0.4, 0.5) is 5.82 Å². The highest BCUT2D eigenvalue weighted by Crippen LogP contribution is 2.32. The van der Waals surface area contributed by atoms with E-state index in [1.54, 1.807) is 0 Å². The van der Waals surface area contributed by atoms with E-state index in [-0.39, 0.29) is 33.2 Å². The normalized spacial score (nSPS) is 20.6. The van der Waals surface area contributed by atoms with Crippen molar-refractivity contribution >= 4 is 39.1 Å². The zero-order valence-corrected chi connectivity index (χ0v) is 22.1. The summed E-state index contributed by atoms with van der Waals surface area (Å²) in [5.41, 5.74) is 6.82. The molecule has 4 N–H and O–H groups in total. The van der Waals surface area contributed by atoms with Gasteiger partial charge in [-0.3, -0.25) is 14.7 Å². The monoisotopic (exact) mass is 598 g/mol. The van der Waals surface area contributed by atoms with E-state index >= 15 is 0 Å². The number of imidazole rings is 1. The molecule has 1 aliphatic rings. The van der Waals surface area contributed by atoms with Gasteiger partial charge in [0.15, 0.2) is 17.7 Å². The standard InChI is InChI=1S/C25H22N6O10S/c26-22-19-23(28-12-27-22)30(13-29-19)24-21(33)20(32)18(40-24)11-39-25(34)15-3-7-17(8-4-15)42(37,38)41-16-5-1-14(2-6-16)9-10-31(35)36/h1-10,12-13,18,20-21,24,32-33H,11H2,(H2,26,27,28)/b10-9+. The average Bonchev–Trinajstić information content (AvgIpc) is 3.52. The minimum absolute atomic E-state index is 0.00763. The van der Waals surface area contributed by atoms with Crippen LogP contribution in [-0.4, -0.2) is 74.0 Å². The first-order chi connectivity index (χ1) is 20.0. The lowest BCUT2D eigenvalue weighted by atomic mass is 10.1. The van der Waals surface area contributed by atoms with E-state index in [2.05, 4.69) is 15.0 Å². The summed E-state index contributed by atoms with van der Waals surface area (Å²) >= 11 is 0. The Labute approximate surface area is 236 Å². The van der Waals surface area contributed by atoms with Crippen LogP contribution in [0.25, 0.3) is 17.2 Å². The van der Waals surface area contributed by atoms with Crippen molar-refractivity contribution in [3.8, 4) is 5.75 Å². The fourth-order valence-electron chi connectivity index (χ4n) is 4.11. The number of nitro groups is 1. The molecule has 16 nitrogen and oxygen atoms in total. The molecule has 17 heteroatoms. The minimum Gasteiger partial charge on any atom is -0.459 e. The van der Waals surface area contributed by atoms with Gasteiger partial charge in [0.1, 0.15) is 47.4 Å².